The molecular formula is C24H25N3O2. The van der Waals surface area contributed by atoms with E-state index in [-0.39, 0.29) is 12.6 Å². The number of nitrogens with zero attached hydrogens (tertiary/aromatic N) is 1. The third kappa shape index (κ3) is 4.25. The van der Waals surface area contributed by atoms with Crippen LogP contribution in [-0.2, 0) is 12.8 Å². The molecule has 2 heterocycles. The number of hydrogen-bond acceptors (Lipinski definition) is 4. The molecule has 4 aromatic rings. The quantitative estimate of drug-likeness (QED) is 0.416. The number of methoxy groups -OCH3 is 1. The molecule has 4 rings (SSSR count). The number of benzene rings is 2. The van der Waals surface area contributed by atoms with Gasteiger partial charge in [-0.15, -0.1) is 0 Å². The van der Waals surface area contributed by atoms with Crippen molar-refractivity contribution in [3.8, 4) is 5.75 Å². The summed E-state index contributed by atoms with van der Waals surface area (Å²) in [5.74, 6) is 0.725. The summed E-state index contributed by atoms with van der Waals surface area (Å²) >= 11 is 0. The summed E-state index contributed by atoms with van der Waals surface area (Å²) in [6, 6.07) is 18.7. The molecule has 0 spiro atoms. The summed E-state index contributed by atoms with van der Waals surface area (Å²) in [7, 11) is 1.64. The maximum Gasteiger partial charge on any atom is 0.139 e. The van der Waals surface area contributed by atoms with Crippen LogP contribution in [0.4, 0.5) is 5.69 Å². The van der Waals surface area contributed by atoms with Crippen LogP contribution >= 0.6 is 0 Å². The van der Waals surface area contributed by atoms with Crippen LogP contribution in [0.25, 0.3) is 10.9 Å². The van der Waals surface area contributed by atoms with E-state index in [9.17, 15) is 5.11 Å². The Morgan fingerprint density at radius 2 is 1.93 bits per heavy atom. The van der Waals surface area contributed by atoms with Crippen molar-refractivity contribution in [3.05, 3.63) is 89.9 Å². The van der Waals surface area contributed by atoms with Crippen LogP contribution < -0.4 is 10.1 Å². The van der Waals surface area contributed by atoms with Gasteiger partial charge in [-0.2, -0.15) is 0 Å². The summed E-state index contributed by atoms with van der Waals surface area (Å²) in [4.78, 5) is 7.67. The second-order valence-electron chi connectivity index (χ2n) is 7.05. The van der Waals surface area contributed by atoms with E-state index in [2.05, 4.69) is 63.9 Å². The van der Waals surface area contributed by atoms with Crippen LogP contribution in [0.5, 0.6) is 5.75 Å². The molecule has 0 aliphatic rings. The number of nitrogens with one attached hydrogen (secondary N) is 2. The number of anilines is 1. The molecule has 0 bridgehead atoms. The van der Waals surface area contributed by atoms with Gasteiger partial charge in [0.05, 0.1) is 31.2 Å². The molecule has 2 aromatic heterocycles. The molecule has 5 nitrogen and oxygen atoms in total. The number of aromatic amines is 1. The summed E-state index contributed by atoms with van der Waals surface area (Å²) in [5, 5.41) is 14.2. The van der Waals surface area contributed by atoms with E-state index >= 15 is 0 Å². The molecule has 148 valence electrons. The number of rotatable bonds is 8. The first-order valence-electron chi connectivity index (χ1n) is 9.77. The Labute approximate surface area is 170 Å². The molecular weight excluding hydrogens is 362 g/mol. The van der Waals surface area contributed by atoms with Gasteiger partial charge in [-0.05, 0) is 29.5 Å². The van der Waals surface area contributed by atoms with E-state index in [1.54, 1.807) is 13.3 Å². The second-order valence-corrected chi connectivity index (χ2v) is 7.05. The van der Waals surface area contributed by atoms with Gasteiger partial charge in [0.25, 0.3) is 0 Å². The summed E-state index contributed by atoms with van der Waals surface area (Å²) in [6.45, 7) is 0.143. The summed E-state index contributed by atoms with van der Waals surface area (Å²) in [5.41, 5.74) is 5.59. The van der Waals surface area contributed by atoms with Crippen molar-refractivity contribution in [1.29, 1.82) is 0 Å². The molecule has 3 N–H and O–H groups in total. The van der Waals surface area contributed by atoms with Crippen molar-refractivity contribution >= 4 is 16.6 Å². The van der Waals surface area contributed by atoms with Gasteiger partial charge in [0.1, 0.15) is 5.75 Å². The number of aromatic nitrogens is 2. The Morgan fingerprint density at radius 3 is 2.72 bits per heavy atom. The first-order valence-corrected chi connectivity index (χ1v) is 9.77. The monoisotopic (exact) mass is 387 g/mol. The number of ether oxygens (including phenoxy) is 1. The number of fused-ring (bicyclic) bond motifs is 1. The molecule has 0 radical (unpaired) electrons. The van der Waals surface area contributed by atoms with Gasteiger partial charge in [-0.3, -0.25) is 4.98 Å². The second kappa shape index (κ2) is 8.80. The minimum atomic E-state index is 0.0746. The average Bonchev–Trinajstić information content (AvgIpc) is 3.18. The molecule has 0 saturated heterocycles. The van der Waals surface area contributed by atoms with E-state index < -0.39 is 0 Å². The van der Waals surface area contributed by atoms with Crippen molar-refractivity contribution in [2.75, 3.05) is 19.0 Å². The molecule has 0 aliphatic carbocycles. The zero-order valence-corrected chi connectivity index (χ0v) is 16.4. The lowest BCUT2D eigenvalue weighted by atomic mass is 9.97. The fraction of sp³-hybridized carbons (Fsp3) is 0.208. The van der Waals surface area contributed by atoms with E-state index in [0.29, 0.717) is 6.42 Å². The van der Waals surface area contributed by atoms with E-state index in [4.69, 9.17) is 4.74 Å². The molecule has 0 fully saturated rings. The Kier molecular flexibility index (Phi) is 5.77. The number of aliphatic hydroxyl groups is 1. The van der Waals surface area contributed by atoms with E-state index in [1.165, 1.54) is 16.5 Å². The maximum absolute atomic E-state index is 9.35. The minimum absolute atomic E-state index is 0.0746. The fourth-order valence-corrected chi connectivity index (χ4v) is 3.74. The van der Waals surface area contributed by atoms with Crippen molar-refractivity contribution in [2.45, 2.75) is 18.9 Å². The predicted octanol–water partition coefficient (Wildman–Crippen LogP) is 4.50. The molecule has 1 unspecified atom stereocenters. The lowest BCUT2D eigenvalue weighted by molar-refractivity contribution is 0.300. The number of H-pyrrole nitrogens is 1. The van der Waals surface area contributed by atoms with Gasteiger partial charge >= 0.3 is 0 Å². The molecule has 0 amide bonds. The largest absolute Gasteiger partial charge is 0.495 e. The first-order chi connectivity index (χ1) is 14.3. The van der Waals surface area contributed by atoms with Gasteiger partial charge in [-0.25, -0.2) is 0 Å². The number of aliphatic hydroxyl groups excluding tert-OH is 1. The normalized spacial score (nSPS) is 12.1. The standard InChI is InChI=1S/C24H25N3O2/c1-29-21-13-20(15-25-16-21)27-23(17-6-3-2-4-7-17)12-19-14-26-24-18(10-11-28)8-5-9-22(19)24/h2-9,13-16,23,26-28H,10-12H2,1H3. The summed E-state index contributed by atoms with van der Waals surface area (Å²) in [6.07, 6.45) is 7.04. The lowest BCUT2D eigenvalue weighted by Crippen LogP contribution is -2.14. The van der Waals surface area contributed by atoms with Crippen LogP contribution in [0.2, 0.25) is 0 Å². The van der Waals surface area contributed by atoms with Gasteiger partial charge in [0.15, 0.2) is 0 Å². The lowest BCUT2D eigenvalue weighted by Gasteiger charge is -2.20. The number of pyridine rings is 1. The van der Waals surface area contributed by atoms with Crippen LogP contribution in [0.3, 0.4) is 0 Å². The van der Waals surface area contributed by atoms with Crippen LogP contribution in [0.1, 0.15) is 22.7 Å². The van der Waals surface area contributed by atoms with Crippen molar-refractivity contribution in [3.63, 3.8) is 0 Å². The molecule has 5 heteroatoms. The van der Waals surface area contributed by atoms with E-state index in [0.717, 1.165) is 28.9 Å². The predicted molar refractivity (Wildman–Crippen MR) is 116 cm³/mol. The van der Waals surface area contributed by atoms with Gasteiger partial charge < -0.3 is 20.1 Å². The molecule has 2 aromatic carbocycles. The molecule has 29 heavy (non-hydrogen) atoms. The summed E-state index contributed by atoms with van der Waals surface area (Å²) < 4.78 is 5.31. The van der Waals surface area contributed by atoms with Gasteiger partial charge in [0.2, 0.25) is 0 Å². The Hall–Kier alpha value is -3.31. The van der Waals surface area contributed by atoms with Crippen molar-refractivity contribution < 1.29 is 9.84 Å². The maximum atomic E-state index is 9.35. The SMILES string of the molecule is COc1cncc(NC(Cc2c[nH]c3c(CCO)cccc23)c2ccccc2)c1. The van der Waals surface area contributed by atoms with Gasteiger partial charge in [0, 0.05) is 29.8 Å². The van der Waals surface area contributed by atoms with Crippen molar-refractivity contribution in [2.24, 2.45) is 0 Å². The topological polar surface area (TPSA) is 70.2 Å². The zero-order valence-electron chi connectivity index (χ0n) is 16.4. The molecule has 0 saturated carbocycles. The Balaban J connectivity index is 1.67. The van der Waals surface area contributed by atoms with Gasteiger partial charge in [-0.1, -0.05) is 48.5 Å². The highest BCUT2D eigenvalue weighted by Gasteiger charge is 2.16. The Bertz CT molecular complexity index is 1080. The number of para-hydroxylation sites is 1. The van der Waals surface area contributed by atoms with E-state index in [1.807, 2.05) is 18.3 Å². The van der Waals surface area contributed by atoms with Crippen LogP contribution in [-0.4, -0.2) is 28.8 Å². The fourth-order valence-electron chi connectivity index (χ4n) is 3.74. The first kappa shape index (κ1) is 19.0. The molecule has 0 aliphatic heterocycles. The minimum Gasteiger partial charge on any atom is -0.495 e. The smallest absolute Gasteiger partial charge is 0.139 e. The third-order valence-electron chi connectivity index (χ3n) is 5.18. The third-order valence-corrected chi connectivity index (χ3v) is 5.18. The highest BCUT2D eigenvalue weighted by molar-refractivity contribution is 5.86. The van der Waals surface area contributed by atoms with Crippen LogP contribution in [0, 0.1) is 0 Å². The Morgan fingerprint density at radius 1 is 1.07 bits per heavy atom. The number of hydrogen-bond donors (Lipinski definition) is 3. The van der Waals surface area contributed by atoms with Crippen molar-refractivity contribution in [1.82, 2.24) is 9.97 Å². The zero-order chi connectivity index (χ0) is 20.1. The molecule has 1 atom stereocenters. The van der Waals surface area contributed by atoms with Crippen LogP contribution in [0.15, 0.2) is 73.2 Å². The highest BCUT2D eigenvalue weighted by Crippen LogP contribution is 2.29. The average molecular weight is 387 g/mol. The highest BCUT2D eigenvalue weighted by atomic mass is 16.5.